The van der Waals surface area contributed by atoms with Crippen molar-refractivity contribution in [1.29, 1.82) is 0 Å². The Balaban J connectivity index is 1.99. The Kier molecular flexibility index (Phi) is 4.11. The maximum Gasteiger partial charge on any atom is 0.319 e. The minimum atomic E-state index is -0.323. The van der Waals surface area contributed by atoms with Crippen LogP contribution in [0.3, 0.4) is 0 Å². The van der Waals surface area contributed by atoms with E-state index in [0.717, 1.165) is 21.8 Å². The summed E-state index contributed by atoms with van der Waals surface area (Å²) in [6.07, 6.45) is 3.93. The Morgan fingerprint density at radius 1 is 1.14 bits per heavy atom. The number of urea groups is 1. The lowest BCUT2D eigenvalue weighted by atomic mass is 10.1. The van der Waals surface area contributed by atoms with Gasteiger partial charge in [-0.25, -0.2) is 4.79 Å². The number of pyridine rings is 2. The fourth-order valence-electron chi connectivity index (χ4n) is 2.35. The quantitative estimate of drug-likeness (QED) is 0.509. The van der Waals surface area contributed by atoms with Gasteiger partial charge in [0.25, 0.3) is 0 Å². The average molecular weight is 296 g/mol. The Labute approximate surface area is 127 Å². The van der Waals surface area contributed by atoms with Crippen LogP contribution < -0.4 is 10.6 Å². The number of hydrogen-bond acceptors (Lipinski definition) is 4. The lowest BCUT2D eigenvalue weighted by Crippen LogP contribution is -2.30. The van der Waals surface area contributed by atoms with Crippen LogP contribution in [0.4, 0.5) is 10.5 Å². The molecule has 6 heteroatoms. The van der Waals surface area contributed by atoms with Crippen LogP contribution in [0.25, 0.3) is 21.8 Å². The molecule has 2 amide bonds. The van der Waals surface area contributed by atoms with E-state index in [2.05, 4.69) is 20.6 Å². The number of carbonyl (C=O) groups is 1. The van der Waals surface area contributed by atoms with Gasteiger partial charge in [0.15, 0.2) is 0 Å². The molecule has 3 N–H and O–H groups in total. The summed E-state index contributed by atoms with van der Waals surface area (Å²) in [7, 11) is 0. The van der Waals surface area contributed by atoms with E-state index in [1.165, 1.54) is 0 Å². The SMILES string of the molecule is O=C(NCCCO)Nc1cc2ncccc2c2cccnc12. The smallest absolute Gasteiger partial charge is 0.319 e. The van der Waals surface area contributed by atoms with Gasteiger partial charge in [0.05, 0.1) is 16.7 Å². The number of nitrogens with one attached hydrogen (secondary N) is 2. The van der Waals surface area contributed by atoms with E-state index in [1.54, 1.807) is 12.4 Å². The molecule has 0 aliphatic rings. The summed E-state index contributed by atoms with van der Waals surface area (Å²) in [6, 6.07) is 9.17. The molecule has 0 fully saturated rings. The number of hydrogen-bond donors (Lipinski definition) is 3. The van der Waals surface area contributed by atoms with Crippen LogP contribution in [0.1, 0.15) is 6.42 Å². The largest absolute Gasteiger partial charge is 0.396 e. The van der Waals surface area contributed by atoms with Crippen molar-refractivity contribution in [3.63, 3.8) is 0 Å². The number of carbonyl (C=O) groups excluding carboxylic acids is 1. The Morgan fingerprint density at radius 2 is 1.91 bits per heavy atom. The molecule has 0 aliphatic heterocycles. The van der Waals surface area contributed by atoms with Gasteiger partial charge >= 0.3 is 6.03 Å². The molecule has 0 spiro atoms. The third-order valence-corrected chi connectivity index (χ3v) is 3.34. The van der Waals surface area contributed by atoms with Gasteiger partial charge in [0.2, 0.25) is 0 Å². The second-order valence-electron chi connectivity index (χ2n) is 4.85. The molecule has 22 heavy (non-hydrogen) atoms. The van der Waals surface area contributed by atoms with Crippen molar-refractivity contribution in [3.8, 4) is 0 Å². The molecule has 0 aliphatic carbocycles. The summed E-state index contributed by atoms with van der Waals surface area (Å²) in [4.78, 5) is 20.6. The van der Waals surface area contributed by atoms with E-state index in [9.17, 15) is 4.79 Å². The van der Waals surface area contributed by atoms with Gasteiger partial charge in [-0.2, -0.15) is 0 Å². The second kappa shape index (κ2) is 6.36. The molecule has 0 saturated carbocycles. The van der Waals surface area contributed by atoms with Gasteiger partial charge in [-0.15, -0.1) is 0 Å². The molecule has 3 rings (SSSR count). The van der Waals surface area contributed by atoms with Crippen LogP contribution in [-0.2, 0) is 0 Å². The van der Waals surface area contributed by atoms with Crippen LogP contribution in [0.2, 0.25) is 0 Å². The standard InChI is InChI=1S/C16H16N4O2/c21-9-3-8-19-16(22)20-14-10-13-11(4-1-6-17-13)12-5-2-7-18-15(12)14/h1-2,4-7,10,21H,3,8-9H2,(H2,19,20,22). The number of nitrogens with zero attached hydrogens (tertiary/aromatic N) is 2. The first-order chi connectivity index (χ1) is 10.8. The highest BCUT2D eigenvalue weighted by Crippen LogP contribution is 2.29. The highest BCUT2D eigenvalue weighted by Gasteiger charge is 2.10. The molecular formula is C16H16N4O2. The lowest BCUT2D eigenvalue weighted by molar-refractivity contribution is 0.249. The van der Waals surface area contributed by atoms with E-state index in [1.807, 2.05) is 30.3 Å². The van der Waals surface area contributed by atoms with Crippen LogP contribution in [-0.4, -0.2) is 34.3 Å². The minimum Gasteiger partial charge on any atom is -0.396 e. The van der Waals surface area contributed by atoms with Crippen molar-refractivity contribution < 1.29 is 9.90 Å². The molecule has 1 aromatic carbocycles. The monoisotopic (exact) mass is 296 g/mol. The van der Waals surface area contributed by atoms with Gasteiger partial charge in [-0.1, -0.05) is 12.1 Å². The number of amides is 2. The van der Waals surface area contributed by atoms with E-state index < -0.39 is 0 Å². The van der Waals surface area contributed by atoms with Crippen molar-refractivity contribution in [2.45, 2.75) is 6.42 Å². The zero-order valence-electron chi connectivity index (χ0n) is 11.9. The Morgan fingerprint density at radius 3 is 2.73 bits per heavy atom. The molecule has 2 aromatic heterocycles. The highest BCUT2D eigenvalue weighted by atomic mass is 16.3. The van der Waals surface area contributed by atoms with Crippen LogP contribution in [0.5, 0.6) is 0 Å². The topological polar surface area (TPSA) is 87.1 Å². The summed E-state index contributed by atoms with van der Waals surface area (Å²) in [6.45, 7) is 0.462. The predicted octanol–water partition coefficient (Wildman–Crippen LogP) is 2.29. The number of rotatable bonds is 4. The number of benzene rings is 1. The molecule has 2 heterocycles. The van der Waals surface area contributed by atoms with Gasteiger partial charge in [-0.05, 0) is 24.6 Å². The third-order valence-electron chi connectivity index (χ3n) is 3.34. The second-order valence-corrected chi connectivity index (χ2v) is 4.85. The maximum atomic E-state index is 11.9. The van der Waals surface area contributed by atoms with Crippen molar-refractivity contribution in [2.75, 3.05) is 18.5 Å². The molecule has 112 valence electrons. The summed E-state index contributed by atoms with van der Waals surface area (Å²) < 4.78 is 0. The zero-order valence-corrected chi connectivity index (χ0v) is 11.9. The van der Waals surface area contributed by atoms with Crippen molar-refractivity contribution >= 4 is 33.5 Å². The first-order valence-electron chi connectivity index (χ1n) is 7.08. The number of aliphatic hydroxyl groups is 1. The summed E-state index contributed by atoms with van der Waals surface area (Å²) >= 11 is 0. The average Bonchev–Trinajstić information content (AvgIpc) is 2.55. The van der Waals surface area contributed by atoms with Gasteiger partial charge < -0.3 is 15.7 Å². The normalized spacial score (nSPS) is 10.8. The molecule has 0 saturated heterocycles. The first kappa shape index (κ1) is 14.2. The van der Waals surface area contributed by atoms with Crippen LogP contribution in [0, 0.1) is 0 Å². The van der Waals surface area contributed by atoms with Crippen LogP contribution >= 0.6 is 0 Å². The first-order valence-corrected chi connectivity index (χ1v) is 7.08. The molecule has 0 bridgehead atoms. The number of aliphatic hydroxyl groups excluding tert-OH is 1. The van der Waals surface area contributed by atoms with Gasteiger partial charge in [0, 0.05) is 36.3 Å². The summed E-state index contributed by atoms with van der Waals surface area (Å²) in [5.74, 6) is 0. The van der Waals surface area contributed by atoms with E-state index >= 15 is 0 Å². The Bertz CT molecular complexity index is 819. The third kappa shape index (κ3) is 2.82. The molecule has 3 aromatic rings. The zero-order chi connectivity index (χ0) is 15.4. The molecule has 0 atom stereocenters. The Hall–Kier alpha value is -2.73. The summed E-state index contributed by atoms with van der Waals surface area (Å²) in [5.41, 5.74) is 2.14. The summed E-state index contributed by atoms with van der Waals surface area (Å²) in [5, 5.41) is 16.2. The highest BCUT2D eigenvalue weighted by molar-refractivity contribution is 6.12. The number of anilines is 1. The molecular weight excluding hydrogens is 280 g/mol. The molecule has 6 nitrogen and oxygen atoms in total. The van der Waals surface area contributed by atoms with Crippen molar-refractivity contribution in [2.24, 2.45) is 0 Å². The van der Waals surface area contributed by atoms with Crippen molar-refractivity contribution in [1.82, 2.24) is 15.3 Å². The molecule has 0 radical (unpaired) electrons. The van der Waals surface area contributed by atoms with Crippen molar-refractivity contribution in [3.05, 3.63) is 42.7 Å². The number of fused-ring (bicyclic) bond motifs is 3. The maximum absolute atomic E-state index is 11.9. The fourth-order valence-corrected chi connectivity index (χ4v) is 2.35. The van der Waals surface area contributed by atoms with Gasteiger partial charge in [0.1, 0.15) is 0 Å². The number of aromatic nitrogens is 2. The van der Waals surface area contributed by atoms with E-state index in [0.29, 0.717) is 18.7 Å². The lowest BCUT2D eigenvalue weighted by Gasteiger charge is -2.11. The van der Waals surface area contributed by atoms with E-state index in [4.69, 9.17) is 5.11 Å². The fraction of sp³-hybridized carbons (Fsp3) is 0.188. The molecule has 0 unspecified atom stereocenters. The van der Waals surface area contributed by atoms with E-state index in [-0.39, 0.29) is 12.6 Å². The van der Waals surface area contributed by atoms with Gasteiger partial charge in [-0.3, -0.25) is 9.97 Å². The van der Waals surface area contributed by atoms with Crippen LogP contribution in [0.15, 0.2) is 42.7 Å². The predicted molar refractivity (Wildman–Crippen MR) is 85.8 cm³/mol. The minimum absolute atomic E-state index is 0.0463.